The minimum absolute atomic E-state index is 0.0216. The molecule has 0 aliphatic carbocycles. The third-order valence-corrected chi connectivity index (χ3v) is 3.15. The Kier molecular flexibility index (Phi) is 2.83. The molecule has 0 saturated carbocycles. The maximum absolute atomic E-state index is 11.5. The third-order valence-electron chi connectivity index (χ3n) is 3.15. The number of carbonyl (C=O) groups is 1. The maximum Gasteiger partial charge on any atom is 0.225 e. The molecule has 1 fully saturated rings. The number of methoxy groups -OCH3 is 1. The molecule has 1 heterocycles. The van der Waals surface area contributed by atoms with E-state index >= 15 is 0 Å². The maximum atomic E-state index is 11.5. The number of rotatable bonds is 2. The first-order chi connectivity index (χ1) is 7.63. The minimum atomic E-state index is -0.166. The molecular formula is C12H16N2O2. The van der Waals surface area contributed by atoms with Gasteiger partial charge in [0.15, 0.2) is 0 Å². The molecule has 1 aliphatic rings. The zero-order valence-corrected chi connectivity index (χ0v) is 9.44. The average molecular weight is 220 g/mol. The molecule has 1 amide bonds. The summed E-state index contributed by atoms with van der Waals surface area (Å²) >= 11 is 0. The topological polar surface area (TPSA) is 64.3 Å². The fourth-order valence-electron chi connectivity index (χ4n) is 1.96. The molecule has 0 aromatic heterocycles. The van der Waals surface area contributed by atoms with Gasteiger partial charge in [-0.2, -0.15) is 0 Å². The van der Waals surface area contributed by atoms with Crippen molar-refractivity contribution in [3.05, 3.63) is 29.8 Å². The monoisotopic (exact) mass is 220 g/mol. The lowest BCUT2D eigenvalue weighted by Gasteiger charge is -2.17. The van der Waals surface area contributed by atoms with E-state index in [2.05, 4.69) is 5.32 Å². The smallest absolute Gasteiger partial charge is 0.225 e. The third kappa shape index (κ3) is 1.76. The van der Waals surface area contributed by atoms with E-state index in [1.165, 1.54) is 0 Å². The molecule has 2 unspecified atom stereocenters. The Hall–Kier alpha value is -1.55. The summed E-state index contributed by atoms with van der Waals surface area (Å²) in [6.07, 6.45) is 0. The normalized spacial score (nSPS) is 28.9. The van der Waals surface area contributed by atoms with Gasteiger partial charge in [-0.15, -0.1) is 0 Å². The van der Waals surface area contributed by atoms with Crippen LogP contribution >= 0.6 is 0 Å². The summed E-state index contributed by atoms with van der Waals surface area (Å²) in [6.45, 7) is 1.85. The van der Waals surface area contributed by atoms with E-state index in [4.69, 9.17) is 10.5 Å². The number of hydrogen-bond donors (Lipinski definition) is 2. The molecule has 4 heteroatoms. The van der Waals surface area contributed by atoms with E-state index in [0.29, 0.717) is 0 Å². The summed E-state index contributed by atoms with van der Waals surface area (Å²) in [7, 11) is 1.63. The molecule has 3 N–H and O–H groups in total. The van der Waals surface area contributed by atoms with E-state index in [1.54, 1.807) is 7.11 Å². The zero-order chi connectivity index (χ0) is 11.7. The summed E-state index contributed by atoms with van der Waals surface area (Å²) in [5, 5.41) is 2.90. The average Bonchev–Trinajstić information content (AvgIpc) is 2.57. The Morgan fingerprint density at radius 3 is 2.38 bits per heavy atom. The van der Waals surface area contributed by atoms with Crippen molar-refractivity contribution in [2.24, 2.45) is 11.7 Å². The second-order valence-corrected chi connectivity index (χ2v) is 4.13. The van der Waals surface area contributed by atoms with Crippen molar-refractivity contribution in [3.63, 3.8) is 0 Å². The Labute approximate surface area is 94.8 Å². The quantitative estimate of drug-likeness (QED) is 0.776. The number of benzene rings is 1. The minimum Gasteiger partial charge on any atom is -0.497 e. The van der Waals surface area contributed by atoms with Gasteiger partial charge in [0, 0.05) is 6.04 Å². The Morgan fingerprint density at radius 1 is 1.31 bits per heavy atom. The van der Waals surface area contributed by atoms with Gasteiger partial charge in [-0.05, 0) is 17.7 Å². The molecule has 3 atom stereocenters. The van der Waals surface area contributed by atoms with E-state index in [1.807, 2.05) is 31.2 Å². The lowest BCUT2D eigenvalue weighted by molar-refractivity contribution is -0.122. The van der Waals surface area contributed by atoms with Crippen LogP contribution in [-0.2, 0) is 4.79 Å². The molecule has 1 aromatic carbocycles. The van der Waals surface area contributed by atoms with Crippen molar-refractivity contribution in [1.82, 2.24) is 5.32 Å². The van der Waals surface area contributed by atoms with Gasteiger partial charge in [0.1, 0.15) is 5.75 Å². The highest BCUT2D eigenvalue weighted by atomic mass is 16.5. The van der Waals surface area contributed by atoms with E-state index in [0.717, 1.165) is 11.3 Å². The second kappa shape index (κ2) is 4.14. The first-order valence-corrected chi connectivity index (χ1v) is 5.33. The first-order valence-electron chi connectivity index (χ1n) is 5.33. The van der Waals surface area contributed by atoms with Gasteiger partial charge in [-0.25, -0.2) is 0 Å². The molecule has 2 rings (SSSR count). The summed E-state index contributed by atoms with van der Waals surface area (Å²) in [4.78, 5) is 11.5. The van der Waals surface area contributed by atoms with Crippen LogP contribution in [-0.4, -0.2) is 19.1 Å². The fourth-order valence-corrected chi connectivity index (χ4v) is 1.96. The molecule has 1 aromatic rings. The molecule has 0 radical (unpaired) electrons. The van der Waals surface area contributed by atoms with Crippen LogP contribution in [0.2, 0.25) is 0 Å². The molecule has 86 valence electrons. The van der Waals surface area contributed by atoms with Gasteiger partial charge >= 0.3 is 0 Å². The molecule has 0 spiro atoms. The standard InChI is InChI=1S/C12H16N2O2/c1-7-10(13)11(14-12(7)15)8-3-5-9(16-2)6-4-8/h3-7,10-11H,13H2,1-2H3,(H,14,15)/t7?,10-,11?/m0/s1. The number of hydrogen-bond acceptors (Lipinski definition) is 3. The fraction of sp³-hybridized carbons (Fsp3) is 0.417. The van der Waals surface area contributed by atoms with Gasteiger partial charge in [0.05, 0.1) is 19.1 Å². The van der Waals surface area contributed by atoms with E-state index in [-0.39, 0.29) is 23.9 Å². The lowest BCUT2D eigenvalue weighted by atomic mass is 9.96. The van der Waals surface area contributed by atoms with E-state index in [9.17, 15) is 4.79 Å². The summed E-state index contributed by atoms with van der Waals surface area (Å²) in [5.41, 5.74) is 7.02. The molecule has 1 aliphatic heterocycles. The van der Waals surface area contributed by atoms with Crippen molar-refractivity contribution in [3.8, 4) is 5.75 Å². The number of nitrogens with two attached hydrogens (primary N) is 1. The first kappa shape index (κ1) is 11.0. The Morgan fingerprint density at radius 2 is 1.94 bits per heavy atom. The largest absolute Gasteiger partial charge is 0.497 e. The van der Waals surface area contributed by atoms with Crippen molar-refractivity contribution in [2.75, 3.05) is 7.11 Å². The van der Waals surface area contributed by atoms with Crippen LogP contribution in [0.1, 0.15) is 18.5 Å². The highest BCUT2D eigenvalue weighted by Gasteiger charge is 2.37. The number of amides is 1. The van der Waals surface area contributed by atoms with Crippen LogP contribution in [0.25, 0.3) is 0 Å². The van der Waals surface area contributed by atoms with Crippen molar-refractivity contribution >= 4 is 5.91 Å². The Bertz CT molecular complexity index is 389. The predicted molar refractivity (Wildman–Crippen MR) is 61.0 cm³/mol. The van der Waals surface area contributed by atoms with Gasteiger partial charge < -0.3 is 15.8 Å². The number of ether oxygens (including phenoxy) is 1. The molecule has 4 nitrogen and oxygen atoms in total. The zero-order valence-electron chi connectivity index (χ0n) is 9.44. The summed E-state index contributed by atoms with van der Waals surface area (Å²) in [6, 6.07) is 7.35. The number of carbonyl (C=O) groups excluding carboxylic acids is 1. The molecule has 16 heavy (non-hydrogen) atoms. The van der Waals surface area contributed by atoms with Crippen LogP contribution in [0.3, 0.4) is 0 Å². The van der Waals surface area contributed by atoms with Crippen LogP contribution in [0.5, 0.6) is 5.75 Å². The van der Waals surface area contributed by atoms with Crippen LogP contribution < -0.4 is 15.8 Å². The van der Waals surface area contributed by atoms with Gasteiger partial charge in [0.25, 0.3) is 0 Å². The molecular weight excluding hydrogens is 204 g/mol. The lowest BCUT2D eigenvalue weighted by Crippen LogP contribution is -2.31. The van der Waals surface area contributed by atoms with Crippen molar-refractivity contribution in [2.45, 2.75) is 19.0 Å². The Balaban J connectivity index is 2.21. The van der Waals surface area contributed by atoms with Gasteiger partial charge in [-0.3, -0.25) is 4.79 Å². The summed E-state index contributed by atoms with van der Waals surface area (Å²) in [5.74, 6) is 0.690. The van der Waals surface area contributed by atoms with Gasteiger partial charge in [-0.1, -0.05) is 19.1 Å². The molecule has 0 bridgehead atoms. The second-order valence-electron chi connectivity index (χ2n) is 4.13. The predicted octanol–water partition coefficient (Wildman–Crippen LogP) is 0.829. The van der Waals surface area contributed by atoms with Crippen LogP contribution in [0, 0.1) is 5.92 Å². The SMILES string of the molecule is COc1ccc(C2NC(=O)C(C)[C@@H]2N)cc1. The van der Waals surface area contributed by atoms with Crippen molar-refractivity contribution < 1.29 is 9.53 Å². The van der Waals surface area contributed by atoms with E-state index < -0.39 is 0 Å². The van der Waals surface area contributed by atoms with Gasteiger partial charge in [0.2, 0.25) is 5.91 Å². The highest BCUT2D eigenvalue weighted by Crippen LogP contribution is 2.27. The highest BCUT2D eigenvalue weighted by molar-refractivity contribution is 5.82. The van der Waals surface area contributed by atoms with Crippen LogP contribution in [0.4, 0.5) is 0 Å². The number of nitrogens with one attached hydrogen (secondary N) is 1. The molecule has 1 saturated heterocycles. The van der Waals surface area contributed by atoms with Crippen molar-refractivity contribution in [1.29, 1.82) is 0 Å². The summed E-state index contributed by atoms with van der Waals surface area (Å²) < 4.78 is 5.08. The van der Waals surface area contributed by atoms with Crippen LogP contribution in [0.15, 0.2) is 24.3 Å².